The summed E-state index contributed by atoms with van der Waals surface area (Å²) in [5.74, 6) is 0.703. The minimum absolute atomic E-state index is 0.108. The van der Waals surface area contributed by atoms with E-state index in [2.05, 4.69) is 9.97 Å². The Hall–Kier alpha value is -2.17. The third-order valence-electron chi connectivity index (χ3n) is 3.94. The van der Waals surface area contributed by atoms with Gasteiger partial charge in [0.1, 0.15) is 5.60 Å². The summed E-state index contributed by atoms with van der Waals surface area (Å²) < 4.78 is 5.55. The summed E-state index contributed by atoms with van der Waals surface area (Å²) in [4.78, 5) is 23.5. The molecule has 1 fully saturated rings. The van der Waals surface area contributed by atoms with Gasteiger partial charge in [0.15, 0.2) is 5.82 Å². The lowest BCUT2D eigenvalue weighted by molar-refractivity contribution is 0.00848. The van der Waals surface area contributed by atoms with Crippen molar-refractivity contribution in [2.75, 3.05) is 6.54 Å². The van der Waals surface area contributed by atoms with Gasteiger partial charge in [0.05, 0.1) is 11.6 Å². The number of nitrogens with zero attached hydrogens (tertiary/aromatic N) is 3. The van der Waals surface area contributed by atoms with Gasteiger partial charge in [-0.3, -0.25) is 4.90 Å². The summed E-state index contributed by atoms with van der Waals surface area (Å²) in [6.45, 7) is 6.35. The highest BCUT2D eigenvalue weighted by molar-refractivity contribution is 5.77. The molecular formula is C18H23N3O2. The fourth-order valence-electron chi connectivity index (χ4n) is 2.89. The Morgan fingerprint density at radius 3 is 2.83 bits per heavy atom. The molecule has 1 aliphatic rings. The van der Waals surface area contributed by atoms with E-state index in [1.54, 1.807) is 4.90 Å². The number of likely N-dealkylation sites (tertiary alicyclic amines) is 1. The number of piperidine rings is 1. The second kappa shape index (κ2) is 6.14. The maximum atomic E-state index is 12.5. The number of benzene rings is 1. The highest BCUT2D eigenvalue weighted by Gasteiger charge is 2.33. The highest BCUT2D eigenvalue weighted by Crippen LogP contribution is 2.30. The monoisotopic (exact) mass is 313 g/mol. The van der Waals surface area contributed by atoms with E-state index in [9.17, 15) is 4.79 Å². The van der Waals surface area contributed by atoms with Crippen molar-refractivity contribution in [2.24, 2.45) is 0 Å². The lowest BCUT2D eigenvalue weighted by Gasteiger charge is -2.35. The zero-order valence-corrected chi connectivity index (χ0v) is 14.0. The zero-order chi connectivity index (χ0) is 16.4. The summed E-state index contributed by atoms with van der Waals surface area (Å²) in [5.41, 5.74) is 0.413. The van der Waals surface area contributed by atoms with Crippen molar-refractivity contribution >= 4 is 17.0 Å². The van der Waals surface area contributed by atoms with Crippen LogP contribution in [0.5, 0.6) is 0 Å². The third-order valence-corrected chi connectivity index (χ3v) is 3.94. The van der Waals surface area contributed by atoms with Gasteiger partial charge in [-0.1, -0.05) is 18.2 Å². The number of carbonyl (C=O) groups excluding carboxylic acids is 1. The molecule has 1 unspecified atom stereocenters. The van der Waals surface area contributed by atoms with Crippen LogP contribution in [0.25, 0.3) is 10.9 Å². The molecule has 1 aromatic heterocycles. The van der Waals surface area contributed by atoms with Crippen molar-refractivity contribution in [3.63, 3.8) is 0 Å². The molecule has 0 aliphatic carbocycles. The van der Waals surface area contributed by atoms with Gasteiger partial charge < -0.3 is 4.74 Å². The van der Waals surface area contributed by atoms with Gasteiger partial charge >= 0.3 is 6.09 Å². The first-order chi connectivity index (χ1) is 10.9. The number of amides is 1. The molecular weight excluding hydrogens is 290 g/mol. The lowest BCUT2D eigenvalue weighted by atomic mass is 10.0. The van der Waals surface area contributed by atoms with E-state index < -0.39 is 5.60 Å². The Kier molecular flexibility index (Phi) is 4.20. The molecule has 1 aliphatic heterocycles. The number of ether oxygens (including phenoxy) is 1. The molecule has 23 heavy (non-hydrogen) atoms. The van der Waals surface area contributed by atoms with Gasteiger partial charge in [-0.15, -0.1) is 0 Å². The van der Waals surface area contributed by atoms with Crippen LogP contribution in [0.3, 0.4) is 0 Å². The van der Waals surface area contributed by atoms with Crippen molar-refractivity contribution in [3.8, 4) is 0 Å². The summed E-state index contributed by atoms with van der Waals surface area (Å²) in [6.07, 6.45) is 4.49. The maximum absolute atomic E-state index is 12.5. The van der Waals surface area contributed by atoms with Crippen LogP contribution in [0.2, 0.25) is 0 Å². The van der Waals surface area contributed by atoms with E-state index in [1.165, 1.54) is 0 Å². The molecule has 2 heterocycles. The van der Waals surface area contributed by atoms with E-state index in [-0.39, 0.29) is 12.1 Å². The van der Waals surface area contributed by atoms with Crippen LogP contribution in [0.15, 0.2) is 30.5 Å². The third kappa shape index (κ3) is 3.60. The Morgan fingerprint density at radius 1 is 1.26 bits per heavy atom. The van der Waals surface area contributed by atoms with Crippen molar-refractivity contribution in [1.82, 2.24) is 14.9 Å². The van der Waals surface area contributed by atoms with Crippen LogP contribution < -0.4 is 0 Å². The predicted octanol–water partition coefficient (Wildman–Crippen LogP) is 4.09. The molecule has 122 valence electrons. The Bertz CT molecular complexity index is 709. The number of hydrogen-bond donors (Lipinski definition) is 0. The number of para-hydroxylation sites is 1. The molecule has 1 atom stereocenters. The minimum Gasteiger partial charge on any atom is -0.444 e. The van der Waals surface area contributed by atoms with Gasteiger partial charge in [-0.25, -0.2) is 14.8 Å². The maximum Gasteiger partial charge on any atom is 0.410 e. The minimum atomic E-state index is -0.497. The van der Waals surface area contributed by atoms with Crippen molar-refractivity contribution in [3.05, 3.63) is 36.3 Å². The number of aromatic nitrogens is 2. The fraction of sp³-hybridized carbons (Fsp3) is 0.500. The SMILES string of the molecule is CC(C)(C)OC(=O)N1CCCCC1c1ncc2ccccc2n1. The molecule has 1 aromatic carbocycles. The standard InChI is InChI=1S/C18H23N3O2/c1-18(2,3)23-17(22)21-11-7-6-10-15(21)16-19-12-13-8-4-5-9-14(13)20-16/h4-5,8-9,12,15H,6-7,10-11H2,1-3H3. The van der Waals surface area contributed by atoms with E-state index >= 15 is 0 Å². The quantitative estimate of drug-likeness (QED) is 0.795. The Balaban J connectivity index is 1.89. The van der Waals surface area contributed by atoms with E-state index in [1.807, 2.05) is 51.2 Å². The van der Waals surface area contributed by atoms with Crippen molar-refractivity contribution in [1.29, 1.82) is 0 Å². The van der Waals surface area contributed by atoms with Crippen molar-refractivity contribution < 1.29 is 9.53 Å². The van der Waals surface area contributed by atoms with Gasteiger partial charge in [0.25, 0.3) is 0 Å². The molecule has 5 heteroatoms. The van der Waals surface area contributed by atoms with Gasteiger partial charge in [0, 0.05) is 18.1 Å². The summed E-state index contributed by atoms with van der Waals surface area (Å²) in [6, 6.07) is 7.79. The fourth-order valence-corrected chi connectivity index (χ4v) is 2.89. The second-order valence-electron chi connectivity index (χ2n) is 6.97. The zero-order valence-electron chi connectivity index (χ0n) is 14.0. The smallest absolute Gasteiger partial charge is 0.410 e. The largest absolute Gasteiger partial charge is 0.444 e. The molecule has 0 spiro atoms. The van der Waals surface area contributed by atoms with Crippen LogP contribution in [0, 0.1) is 0 Å². The molecule has 3 rings (SSSR count). The van der Waals surface area contributed by atoms with Gasteiger partial charge in [-0.05, 0) is 46.1 Å². The molecule has 2 aromatic rings. The first-order valence-electron chi connectivity index (χ1n) is 8.15. The first-order valence-corrected chi connectivity index (χ1v) is 8.15. The van der Waals surface area contributed by atoms with Gasteiger partial charge in [-0.2, -0.15) is 0 Å². The van der Waals surface area contributed by atoms with Crippen LogP contribution in [-0.2, 0) is 4.74 Å². The van der Waals surface area contributed by atoms with Gasteiger partial charge in [0.2, 0.25) is 0 Å². The Labute approximate surface area is 136 Å². The molecule has 1 amide bonds. The average molecular weight is 313 g/mol. The predicted molar refractivity (Wildman–Crippen MR) is 89.1 cm³/mol. The average Bonchev–Trinajstić information content (AvgIpc) is 2.53. The van der Waals surface area contributed by atoms with E-state index in [4.69, 9.17) is 4.74 Å². The van der Waals surface area contributed by atoms with Crippen molar-refractivity contribution in [2.45, 2.75) is 51.7 Å². The molecule has 0 N–H and O–H groups in total. The van der Waals surface area contributed by atoms with Crippen LogP contribution >= 0.6 is 0 Å². The topological polar surface area (TPSA) is 55.3 Å². The van der Waals surface area contributed by atoms with Crippen LogP contribution in [0.1, 0.15) is 51.9 Å². The number of hydrogen-bond acceptors (Lipinski definition) is 4. The molecule has 0 radical (unpaired) electrons. The molecule has 1 saturated heterocycles. The number of carbonyl (C=O) groups is 1. The molecule has 0 bridgehead atoms. The lowest BCUT2D eigenvalue weighted by Crippen LogP contribution is -2.42. The summed E-state index contributed by atoms with van der Waals surface area (Å²) in [5, 5.41) is 1.01. The molecule has 5 nitrogen and oxygen atoms in total. The Morgan fingerprint density at radius 2 is 2.04 bits per heavy atom. The van der Waals surface area contributed by atoms with E-state index in [0.717, 1.165) is 30.2 Å². The highest BCUT2D eigenvalue weighted by atomic mass is 16.6. The summed E-state index contributed by atoms with van der Waals surface area (Å²) in [7, 11) is 0. The second-order valence-corrected chi connectivity index (χ2v) is 6.97. The van der Waals surface area contributed by atoms with E-state index in [0.29, 0.717) is 12.4 Å². The number of fused-ring (bicyclic) bond motifs is 1. The summed E-state index contributed by atoms with van der Waals surface area (Å²) >= 11 is 0. The number of rotatable bonds is 1. The van der Waals surface area contributed by atoms with Crippen LogP contribution in [-0.4, -0.2) is 33.1 Å². The van der Waals surface area contributed by atoms with Crippen LogP contribution in [0.4, 0.5) is 4.79 Å². The molecule has 0 saturated carbocycles. The first kappa shape index (κ1) is 15.7. The normalized spacial score (nSPS) is 18.9.